The number of amides is 1. The molecule has 104 valence electrons. The average molecular weight is 272 g/mol. The van der Waals surface area contributed by atoms with E-state index in [9.17, 15) is 4.79 Å². The van der Waals surface area contributed by atoms with Crippen molar-refractivity contribution in [3.8, 4) is 5.75 Å². The van der Waals surface area contributed by atoms with Crippen LogP contribution in [0.5, 0.6) is 5.75 Å². The van der Waals surface area contributed by atoms with E-state index < -0.39 is 0 Å². The predicted octanol–water partition coefficient (Wildman–Crippen LogP) is 2.49. The summed E-state index contributed by atoms with van der Waals surface area (Å²) in [5.74, 6) is 0.365. The highest BCUT2D eigenvalue weighted by atomic mass is 16.5. The fraction of sp³-hybridized carbons (Fsp3) is 0.200. The highest BCUT2D eigenvalue weighted by Crippen LogP contribution is 2.22. The molecule has 0 unspecified atom stereocenters. The number of anilines is 1. The van der Waals surface area contributed by atoms with E-state index in [1.54, 1.807) is 44.8 Å². The maximum absolute atomic E-state index is 12.1. The first kappa shape index (κ1) is 14.0. The third-order valence-corrected chi connectivity index (χ3v) is 2.78. The Morgan fingerprint density at radius 1 is 1.20 bits per heavy atom. The van der Waals surface area contributed by atoms with Crippen LogP contribution in [0.1, 0.15) is 15.9 Å². The van der Waals surface area contributed by atoms with Crippen molar-refractivity contribution in [3.05, 3.63) is 53.9 Å². The minimum Gasteiger partial charge on any atom is -0.494 e. The predicted molar refractivity (Wildman–Crippen MR) is 75.9 cm³/mol. The highest BCUT2D eigenvalue weighted by molar-refractivity contribution is 6.04. The normalized spacial score (nSPS) is 10.1. The summed E-state index contributed by atoms with van der Waals surface area (Å²) in [6, 6.07) is 8.92. The minimum atomic E-state index is -0.208. The molecule has 1 aromatic carbocycles. The summed E-state index contributed by atoms with van der Waals surface area (Å²) >= 11 is 0. The van der Waals surface area contributed by atoms with Gasteiger partial charge in [-0.1, -0.05) is 12.1 Å². The van der Waals surface area contributed by atoms with Crippen LogP contribution in [0.4, 0.5) is 5.69 Å². The van der Waals surface area contributed by atoms with Crippen LogP contribution in [0, 0.1) is 0 Å². The molecule has 0 bridgehead atoms. The molecule has 5 heteroatoms. The number of aromatic nitrogens is 1. The summed E-state index contributed by atoms with van der Waals surface area (Å²) in [6.07, 6.45) is 3.16. The van der Waals surface area contributed by atoms with Crippen LogP contribution in [0.15, 0.2) is 42.7 Å². The number of pyridine rings is 1. The van der Waals surface area contributed by atoms with Gasteiger partial charge in [0, 0.05) is 24.9 Å². The number of nitrogens with zero attached hydrogens (tertiary/aromatic N) is 1. The van der Waals surface area contributed by atoms with E-state index in [0.717, 1.165) is 5.56 Å². The van der Waals surface area contributed by atoms with Crippen molar-refractivity contribution < 1.29 is 14.3 Å². The van der Waals surface area contributed by atoms with E-state index in [4.69, 9.17) is 9.47 Å². The Hall–Kier alpha value is -2.40. The molecule has 1 heterocycles. The molecule has 0 radical (unpaired) electrons. The topological polar surface area (TPSA) is 60.5 Å². The molecular formula is C15H16N2O3. The van der Waals surface area contributed by atoms with Gasteiger partial charge in [0.1, 0.15) is 11.4 Å². The number of carbonyl (C=O) groups is 1. The lowest BCUT2D eigenvalue weighted by Crippen LogP contribution is -2.12. The SMILES string of the molecule is COCc1ccc(C(=O)Nc2cnccc2OC)cc1. The molecular weight excluding hydrogens is 256 g/mol. The van der Waals surface area contributed by atoms with Crippen molar-refractivity contribution >= 4 is 11.6 Å². The monoisotopic (exact) mass is 272 g/mol. The largest absolute Gasteiger partial charge is 0.494 e. The molecule has 20 heavy (non-hydrogen) atoms. The van der Waals surface area contributed by atoms with Gasteiger partial charge in [0.15, 0.2) is 0 Å². The minimum absolute atomic E-state index is 0.208. The molecule has 2 rings (SSSR count). The Bertz CT molecular complexity index is 582. The van der Waals surface area contributed by atoms with Gasteiger partial charge < -0.3 is 14.8 Å². The highest BCUT2D eigenvalue weighted by Gasteiger charge is 2.09. The second-order valence-electron chi connectivity index (χ2n) is 4.16. The van der Waals surface area contributed by atoms with E-state index in [2.05, 4.69) is 10.3 Å². The lowest BCUT2D eigenvalue weighted by atomic mass is 10.1. The number of benzene rings is 1. The van der Waals surface area contributed by atoms with E-state index in [0.29, 0.717) is 23.6 Å². The Balaban J connectivity index is 2.11. The first-order valence-electron chi connectivity index (χ1n) is 6.12. The van der Waals surface area contributed by atoms with Crippen molar-refractivity contribution in [3.63, 3.8) is 0 Å². The van der Waals surface area contributed by atoms with Crippen LogP contribution in [-0.4, -0.2) is 25.1 Å². The van der Waals surface area contributed by atoms with Crippen molar-refractivity contribution in [2.24, 2.45) is 0 Å². The number of methoxy groups -OCH3 is 2. The molecule has 0 spiro atoms. The smallest absolute Gasteiger partial charge is 0.255 e. The van der Waals surface area contributed by atoms with Gasteiger partial charge >= 0.3 is 0 Å². The molecule has 0 aliphatic carbocycles. The fourth-order valence-corrected chi connectivity index (χ4v) is 1.77. The molecule has 5 nitrogen and oxygen atoms in total. The standard InChI is InChI=1S/C15H16N2O3/c1-19-10-11-3-5-12(6-4-11)15(18)17-13-9-16-8-7-14(13)20-2/h3-9H,10H2,1-2H3,(H,17,18). The van der Waals surface area contributed by atoms with E-state index in [1.165, 1.54) is 0 Å². The first-order valence-corrected chi connectivity index (χ1v) is 6.12. The summed E-state index contributed by atoms with van der Waals surface area (Å²) in [5, 5.41) is 2.77. The van der Waals surface area contributed by atoms with E-state index in [1.807, 2.05) is 12.1 Å². The summed E-state index contributed by atoms with van der Waals surface area (Å²) in [5.41, 5.74) is 2.12. The molecule has 1 amide bonds. The van der Waals surface area contributed by atoms with Crippen LogP contribution in [0.3, 0.4) is 0 Å². The Morgan fingerprint density at radius 2 is 1.95 bits per heavy atom. The maximum Gasteiger partial charge on any atom is 0.255 e. The second-order valence-corrected chi connectivity index (χ2v) is 4.16. The molecule has 1 aromatic heterocycles. The van der Waals surface area contributed by atoms with Crippen LogP contribution >= 0.6 is 0 Å². The van der Waals surface area contributed by atoms with Gasteiger partial charge in [-0.05, 0) is 17.7 Å². The molecule has 0 atom stereocenters. The number of nitrogens with one attached hydrogen (secondary N) is 1. The molecule has 0 fully saturated rings. The zero-order valence-electron chi connectivity index (χ0n) is 11.4. The lowest BCUT2D eigenvalue weighted by molar-refractivity contribution is 0.102. The van der Waals surface area contributed by atoms with Gasteiger partial charge in [-0.15, -0.1) is 0 Å². The van der Waals surface area contributed by atoms with Crippen LogP contribution in [-0.2, 0) is 11.3 Å². The van der Waals surface area contributed by atoms with E-state index in [-0.39, 0.29) is 5.91 Å². The third-order valence-electron chi connectivity index (χ3n) is 2.78. The van der Waals surface area contributed by atoms with Gasteiger partial charge in [0.05, 0.1) is 19.9 Å². The number of carbonyl (C=O) groups excluding carboxylic acids is 1. The van der Waals surface area contributed by atoms with Crippen molar-refractivity contribution in [2.75, 3.05) is 19.5 Å². The van der Waals surface area contributed by atoms with Gasteiger partial charge in [0.2, 0.25) is 0 Å². The van der Waals surface area contributed by atoms with E-state index >= 15 is 0 Å². The quantitative estimate of drug-likeness (QED) is 0.908. The van der Waals surface area contributed by atoms with Gasteiger partial charge in [-0.25, -0.2) is 0 Å². The zero-order valence-corrected chi connectivity index (χ0v) is 11.4. The molecule has 0 saturated heterocycles. The first-order chi connectivity index (χ1) is 9.74. The van der Waals surface area contributed by atoms with Gasteiger partial charge in [-0.3, -0.25) is 9.78 Å². The molecule has 1 N–H and O–H groups in total. The van der Waals surface area contributed by atoms with Gasteiger partial charge in [0.25, 0.3) is 5.91 Å². The lowest BCUT2D eigenvalue weighted by Gasteiger charge is -2.09. The third kappa shape index (κ3) is 3.33. The average Bonchev–Trinajstić information content (AvgIpc) is 2.49. The van der Waals surface area contributed by atoms with Gasteiger partial charge in [-0.2, -0.15) is 0 Å². The molecule has 0 saturated carbocycles. The summed E-state index contributed by atoms with van der Waals surface area (Å²) in [4.78, 5) is 16.1. The summed E-state index contributed by atoms with van der Waals surface area (Å²) in [6.45, 7) is 0.526. The molecule has 2 aromatic rings. The van der Waals surface area contributed by atoms with Crippen molar-refractivity contribution in [1.29, 1.82) is 0 Å². The molecule has 0 aliphatic rings. The Morgan fingerprint density at radius 3 is 2.60 bits per heavy atom. The molecule has 0 aliphatic heterocycles. The number of hydrogen-bond donors (Lipinski definition) is 1. The zero-order chi connectivity index (χ0) is 14.4. The van der Waals surface area contributed by atoms with Crippen molar-refractivity contribution in [2.45, 2.75) is 6.61 Å². The number of rotatable bonds is 5. The Labute approximate surface area is 117 Å². The van der Waals surface area contributed by atoms with Crippen LogP contribution in [0.2, 0.25) is 0 Å². The second kappa shape index (κ2) is 6.68. The fourth-order valence-electron chi connectivity index (χ4n) is 1.77. The summed E-state index contributed by atoms with van der Waals surface area (Å²) in [7, 11) is 3.18. The van der Waals surface area contributed by atoms with Crippen LogP contribution < -0.4 is 10.1 Å². The van der Waals surface area contributed by atoms with Crippen LogP contribution in [0.25, 0.3) is 0 Å². The number of hydrogen-bond acceptors (Lipinski definition) is 4. The van der Waals surface area contributed by atoms with Crippen molar-refractivity contribution in [1.82, 2.24) is 4.98 Å². The summed E-state index contributed by atoms with van der Waals surface area (Å²) < 4.78 is 10.2. The number of ether oxygens (including phenoxy) is 2. The maximum atomic E-state index is 12.1. The Kier molecular flexibility index (Phi) is 4.68.